The fourth-order valence-electron chi connectivity index (χ4n) is 4.05. The van der Waals surface area contributed by atoms with Gasteiger partial charge in [0.15, 0.2) is 5.96 Å². The Bertz CT molecular complexity index is 940. The van der Waals surface area contributed by atoms with Crippen molar-refractivity contribution in [3.8, 4) is 0 Å². The van der Waals surface area contributed by atoms with Gasteiger partial charge < -0.3 is 20.4 Å². The van der Waals surface area contributed by atoms with Gasteiger partial charge in [-0.2, -0.15) is 0 Å². The summed E-state index contributed by atoms with van der Waals surface area (Å²) < 4.78 is 0. The Labute approximate surface area is 205 Å². The summed E-state index contributed by atoms with van der Waals surface area (Å²) in [6, 6.07) is 12.2. The molecule has 0 radical (unpaired) electrons. The van der Waals surface area contributed by atoms with Crippen molar-refractivity contribution in [2.24, 2.45) is 4.99 Å². The first-order valence-corrected chi connectivity index (χ1v) is 10.7. The van der Waals surface area contributed by atoms with Crippen LogP contribution in [0.1, 0.15) is 17.5 Å². The van der Waals surface area contributed by atoms with E-state index in [-0.39, 0.29) is 42.5 Å². The van der Waals surface area contributed by atoms with Crippen LogP contribution in [-0.4, -0.2) is 61.0 Å². The summed E-state index contributed by atoms with van der Waals surface area (Å²) in [5.41, 5.74) is 2.57. The molecule has 31 heavy (non-hydrogen) atoms. The second-order valence-corrected chi connectivity index (χ2v) is 8.05. The van der Waals surface area contributed by atoms with E-state index in [1.54, 1.807) is 13.2 Å². The number of pyridine rings is 1. The minimum absolute atomic E-state index is 0. The average Bonchev–Trinajstić information content (AvgIpc) is 3.24. The van der Waals surface area contributed by atoms with Crippen molar-refractivity contribution >= 4 is 53.3 Å². The van der Waals surface area contributed by atoms with E-state index in [4.69, 9.17) is 11.6 Å². The highest BCUT2D eigenvalue weighted by Crippen LogP contribution is 2.25. The molecule has 0 spiro atoms. The summed E-state index contributed by atoms with van der Waals surface area (Å²) in [4.78, 5) is 25.4. The Kier molecular flexibility index (Phi) is 8.36. The highest BCUT2D eigenvalue weighted by molar-refractivity contribution is 14.0. The molecule has 1 amide bonds. The van der Waals surface area contributed by atoms with E-state index < -0.39 is 0 Å². The highest BCUT2D eigenvalue weighted by Gasteiger charge is 2.26. The van der Waals surface area contributed by atoms with E-state index in [2.05, 4.69) is 43.7 Å². The smallest absolute Gasteiger partial charge is 0.242 e. The van der Waals surface area contributed by atoms with Gasteiger partial charge in [0.05, 0.1) is 11.6 Å². The standard InChI is InChI=1S/C22H27ClN6O.HI/c1-24-22(27-18-9-12-29(15-18)21-19(23)7-4-10-25-21)26-13-20(30)28-11-8-16-5-2-3-6-17(16)14-28;/h2-7,10,18H,8-9,11-15H2,1H3,(H2,24,26,27);1H. The first-order chi connectivity index (χ1) is 14.6. The second-order valence-electron chi connectivity index (χ2n) is 7.64. The number of hydrogen-bond donors (Lipinski definition) is 2. The van der Waals surface area contributed by atoms with Crippen LogP contribution in [0.15, 0.2) is 47.6 Å². The van der Waals surface area contributed by atoms with Crippen molar-refractivity contribution in [3.63, 3.8) is 0 Å². The number of carbonyl (C=O) groups is 1. The monoisotopic (exact) mass is 554 g/mol. The molecule has 1 fully saturated rings. The van der Waals surface area contributed by atoms with Crippen LogP contribution in [0.2, 0.25) is 5.02 Å². The molecule has 9 heteroatoms. The summed E-state index contributed by atoms with van der Waals surface area (Å²) in [5, 5.41) is 7.25. The van der Waals surface area contributed by atoms with Crippen LogP contribution in [0, 0.1) is 0 Å². The number of aliphatic imine (C=N–C) groups is 1. The van der Waals surface area contributed by atoms with Gasteiger partial charge >= 0.3 is 0 Å². The Morgan fingerprint density at radius 2 is 2.03 bits per heavy atom. The van der Waals surface area contributed by atoms with E-state index in [0.717, 1.165) is 38.3 Å². The van der Waals surface area contributed by atoms with Gasteiger partial charge in [0, 0.05) is 45.5 Å². The van der Waals surface area contributed by atoms with Crippen LogP contribution in [-0.2, 0) is 17.8 Å². The van der Waals surface area contributed by atoms with Crippen molar-refractivity contribution in [1.82, 2.24) is 20.5 Å². The summed E-state index contributed by atoms with van der Waals surface area (Å²) in [6.45, 7) is 3.31. The zero-order chi connectivity index (χ0) is 20.9. The molecular formula is C22H28ClIN6O. The van der Waals surface area contributed by atoms with E-state index in [9.17, 15) is 4.79 Å². The van der Waals surface area contributed by atoms with Gasteiger partial charge in [-0.25, -0.2) is 4.98 Å². The summed E-state index contributed by atoms with van der Waals surface area (Å²) in [5.74, 6) is 1.53. The normalized spacial score (nSPS) is 18.3. The third-order valence-corrected chi connectivity index (χ3v) is 5.98. The van der Waals surface area contributed by atoms with Crippen molar-refractivity contribution < 1.29 is 4.79 Å². The minimum atomic E-state index is 0. The van der Waals surface area contributed by atoms with E-state index >= 15 is 0 Å². The predicted octanol–water partition coefficient (Wildman–Crippen LogP) is 2.68. The third-order valence-electron chi connectivity index (χ3n) is 5.68. The lowest BCUT2D eigenvalue weighted by molar-refractivity contribution is -0.130. The molecule has 1 atom stereocenters. The number of aromatic nitrogens is 1. The van der Waals surface area contributed by atoms with Crippen LogP contribution in [0.5, 0.6) is 0 Å². The van der Waals surface area contributed by atoms with Crippen molar-refractivity contribution in [2.45, 2.75) is 25.4 Å². The van der Waals surface area contributed by atoms with Crippen LogP contribution in [0.25, 0.3) is 0 Å². The Balaban J connectivity index is 0.00000272. The predicted molar refractivity (Wildman–Crippen MR) is 135 cm³/mol. The van der Waals surface area contributed by atoms with Gasteiger partial charge in [-0.15, -0.1) is 24.0 Å². The third kappa shape index (κ3) is 5.79. The van der Waals surface area contributed by atoms with Gasteiger partial charge in [0.1, 0.15) is 5.82 Å². The maximum absolute atomic E-state index is 12.7. The zero-order valence-electron chi connectivity index (χ0n) is 17.6. The van der Waals surface area contributed by atoms with Gasteiger partial charge in [0.2, 0.25) is 5.91 Å². The second kappa shape index (κ2) is 11.0. The van der Waals surface area contributed by atoms with Crippen molar-refractivity contribution in [2.75, 3.05) is 38.1 Å². The van der Waals surface area contributed by atoms with Crippen LogP contribution >= 0.6 is 35.6 Å². The molecule has 0 aliphatic carbocycles. The summed E-state index contributed by atoms with van der Waals surface area (Å²) in [6.07, 6.45) is 3.61. The summed E-state index contributed by atoms with van der Waals surface area (Å²) in [7, 11) is 1.72. The lowest BCUT2D eigenvalue weighted by Crippen LogP contribution is -2.49. The molecule has 0 bridgehead atoms. The topological polar surface area (TPSA) is 72.9 Å². The molecule has 1 aromatic carbocycles. The molecule has 0 saturated carbocycles. The van der Waals surface area contributed by atoms with Crippen LogP contribution in [0.3, 0.4) is 0 Å². The number of hydrogen-bond acceptors (Lipinski definition) is 4. The van der Waals surface area contributed by atoms with Crippen molar-refractivity contribution in [1.29, 1.82) is 0 Å². The molecule has 1 unspecified atom stereocenters. The maximum atomic E-state index is 12.7. The lowest BCUT2D eigenvalue weighted by Gasteiger charge is -2.29. The highest BCUT2D eigenvalue weighted by atomic mass is 127. The van der Waals surface area contributed by atoms with Gasteiger partial charge in [-0.05, 0) is 36.1 Å². The van der Waals surface area contributed by atoms with Gasteiger partial charge in [-0.1, -0.05) is 35.9 Å². The number of amides is 1. The number of anilines is 1. The molecule has 2 N–H and O–H groups in total. The SMILES string of the molecule is CN=C(NCC(=O)N1CCc2ccccc2C1)NC1CCN(c2ncccc2Cl)C1.I. The number of nitrogens with one attached hydrogen (secondary N) is 2. The molecule has 2 aliphatic rings. The van der Waals surface area contributed by atoms with E-state index in [1.807, 2.05) is 23.1 Å². The van der Waals surface area contributed by atoms with Crippen LogP contribution < -0.4 is 15.5 Å². The molecule has 2 aromatic rings. The first-order valence-electron chi connectivity index (χ1n) is 10.3. The first kappa shape index (κ1) is 23.6. The van der Waals surface area contributed by atoms with Gasteiger partial charge in [0.25, 0.3) is 0 Å². The average molecular weight is 555 g/mol. The molecule has 4 rings (SSSR count). The van der Waals surface area contributed by atoms with E-state index in [1.165, 1.54) is 11.1 Å². The molecule has 166 valence electrons. The van der Waals surface area contributed by atoms with Crippen LogP contribution in [0.4, 0.5) is 5.82 Å². The Morgan fingerprint density at radius 1 is 1.23 bits per heavy atom. The Hall–Kier alpha value is -2.07. The molecule has 2 aliphatic heterocycles. The molecule has 1 saturated heterocycles. The number of carbonyl (C=O) groups excluding carboxylic acids is 1. The summed E-state index contributed by atoms with van der Waals surface area (Å²) >= 11 is 6.27. The lowest BCUT2D eigenvalue weighted by atomic mass is 10.00. The van der Waals surface area contributed by atoms with Gasteiger partial charge in [-0.3, -0.25) is 9.79 Å². The number of rotatable bonds is 4. The number of benzene rings is 1. The fourth-order valence-corrected chi connectivity index (χ4v) is 4.29. The molecular weight excluding hydrogens is 527 g/mol. The Morgan fingerprint density at radius 3 is 2.81 bits per heavy atom. The number of guanidine groups is 1. The number of nitrogens with zero attached hydrogens (tertiary/aromatic N) is 4. The largest absolute Gasteiger partial charge is 0.353 e. The molecule has 3 heterocycles. The van der Waals surface area contributed by atoms with Crippen molar-refractivity contribution in [3.05, 3.63) is 58.7 Å². The minimum Gasteiger partial charge on any atom is -0.353 e. The quantitative estimate of drug-likeness (QED) is 0.346. The van der Waals surface area contributed by atoms with E-state index in [0.29, 0.717) is 17.5 Å². The number of halogens is 2. The number of fused-ring (bicyclic) bond motifs is 1. The molecule has 1 aromatic heterocycles. The fraction of sp³-hybridized carbons (Fsp3) is 0.409. The molecule has 7 nitrogen and oxygen atoms in total. The zero-order valence-corrected chi connectivity index (χ0v) is 20.6. The maximum Gasteiger partial charge on any atom is 0.242 e.